The maximum atomic E-state index is 14.1. The summed E-state index contributed by atoms with van der Waals surface area (Å²) < 4.78 is 25.3. The van der Waals surface area contributed by atoms with Crippen molar-refractivity contribution in [2.75, 3.05) is 7.11 Å². The fourth-order valence-corrected chi connectivity index (χ4v) is 4.18. The number of halogens is 3. The zero-order chi connectivity index (χ0) is 22.7. The zero-order valence-corrected chi connectivity index (χ0v) is 19.4. The van der Waals surface area contributed by atoms with E-state index in [2.05, 4.69) is 0 Å². The molecule has 3 rings (SSSR count). The van der Waals surface area contributed by atoms with E-state index >= 15 is 0 Å². The summed E-state index contributed by atoms with van der Waals surface area (Å²) in [5.74, 6) is -0.289. The Morgan fingerprint density at radius 1 is 1.23 bits per heavy atom. The van der Waals surface area contributed by atoms with Crippen molar-refractivity contribution in [1.82, 2.24) is 4.90 Å². The molecule has 31 heavy (non-hydrogen) atoms. The predicted molar refractivity (Wildman–Crippen MR) is 121 cm³/mol. The molecule has 1 atom stereocenters. The highest BCUT2D eigenvalue weighted by molar-refractivity contribution is 8.18. The fraction of sp³-hybridized carbons (Fsp3) is 0.273. The second-order valence-electron chi connectivity index (χ2n) is 6.84. The Morgan fingerprint density at radius 2 is 1.97 bits per heavy atom. The van der Waals surface area contributed by atoms with E-state index in [1.165, 1.54) is 31.4 Å². The van der Waals surface area contributed by atoms with E-state index in [0.717, 1.165) is 23.1 Å². The molecule has 2 aromatic carbocycles. The first-order valence-electron chi connectivity index (χ1n) is 9.47. The van der Waals surface area contributed by atoms with Crippen LogP contribution in [0.5, 0.6) is 11.5 Å². The molecule has 9 heteroatoms. The minimum atomic E-state index is -0.580. The number of amides is 2. The van der Waals surface area contributed by atoms with Gasteiger partial charge >= 0.3 is 0 Å². The molecule has 0 radical (unpaired) electrons. The molecule has 1 aliphatic rings. The standard InChI is InChI=1S/C22H20Cl2FNO4S/c1-4-12(2)30-20-16(24)8-13(9-18(20)29-3)10-19-21(27)26(22(28)31-19)11-14-15(23)6-5-7-17(14)25/h5-10,12H,4,11H2,1-3H3. The first-order chi connectivity index (χ1) is 14.7. The minimum Gasteiger partial charge on any atom is -0.493 e. The Balaban J connectivity index is 1.88. The number of rotatable bonds is 7. The van der Waals surface area contributed by atoms with Crippen molar-refractivity contribution in [1.29, 1.82) is 0 Å². The number of carbonyl (C=O) groups excluding carboxylic acids is 2. The number of methoxy groups -OCH3 is 1. The van der Waals surface area contributed by atoms with Gasteiger partial charge in [-0.2, -0.15) is 0 Å². The quantitative estimate of drug-likeness (QED) is 0.417. The van der Waals surface area contributed by atoms with E-state index < -0.39 is 17.0 Å². The number of benzene rings is 2. The molecule has 164 valence electrons. The summed E-state index contributed by atoms with van der Waals surface area (Å²) in [5.41, 5.74) is 0.650. The van der Waals surface area contributed by atoms with Gasteiger partial charge < -0.3 is 9.47 Å². The van der Waals surface area contributed by atoms with Crippen LogP contribution in [0.4, 0.5) is 9.18 Å². The third kappa shape index (κ3) is 5.17. The van der Waals surface area contributed by atoms with Crippen LogP contribution in [0.2, 0.25) is 10.0 Å². The summed E-state index contributed by atoms with van der Waals surface area (Å²) in [6, 6.07) is 7.50. The summed E-state index contributed by atoms with van der Waals surface area (Å²) in [6.07, 6.45) is 2.27. The molecule has 0 spiro atoms. The van der Waals surface area contributed by atoms with Crippen LogP contribution in [0.25, 0.3) is 6.08 Å². The van der Waals surface area contributed by atoms with Gasteiger partial charge in [-0.05, 0) is 61.0 Å². The van der Waals surface area contributed by atoms with Gasteiger partial charge in [0.25, 0.3) is 11.1 Å². The molecule has 0 aromatic heterocycles. The average Bonchev–Trinajstić information content (AvgIpc) is 2.99. The van der Waals surface area contributed by atoms with Crippen molar-refractivity contribution in [2.45, 2.75) is 32.9 Å². The monoisotopic (exact) mass is 483 g/mol. The Bertz CT molecular complexity index is 1040. The smallest absolute Gasteiger partial charge is 0.293 e. The second-order valence-corrected chi connectivity index (χ2v) is 8.65. The number of thioether (sulfide) groups is 1. The first kappa shape index (κ1) is 23.4. The molecule has 1 heterocycles. The zero-order valence-electron chi connectivity index (χ0n) is 17.1. The van der Waals surface area contributed by atoms with Gasteiger partial charge in [-0.15, -0.1) is 0 Å². The molecule has 1 aliphatic heterocycles. The van der Waals surface area contributed by atoms with Crippen LogP contribution in [0.3, 0.4) is 0 Å². The van der Waals surface area contributed by atoms with Gasteiger partial charge in [0.2, 0.25) is 0 Å². The van der Waals surface area contributed by atoms with E-state index in [-0.39, 0.29) is 28.1 Å². The highest BCUT2D eigenvalue weighted by atomic mass is 35.5. The van der Waals surface area contributed by atoms with Crippen molar-refractivity contribution in [3.05, 3.63) is 62.2 Å². The molecule has 0 aliphatic carbocycles. The van der Waals surface area contributed by atoms with Crippen molar-refractivity contribution in [3.63, 3.8) is 0 Å². The summed E-state index contributed by atoms with van der Waals surface area (Å²) in [5, 5.41) is -0.0370. The SMILES string of the molecule is CCC(C)Oc1c(Cl)cc(C=C2SC(=O)N(Cc3c(F)cccc3Cl)C2=O)cc1OC. The molecule has 1 unspecified atom stereocenters. The van der Waals surface area contributed by atoms with Crippen molar-refractivity contribution >= 4 is 52.2 Å². The topological polar surface area (TPSA) is 55.8 Å². The number of imide groups is 1. The average molecular weight is 484 g/mol. The van der Waals surface area contributed by atoms with E-state index in [1.54, 1.807) is 12.1 Å². The molecule has 0 N–H and O–H groups in total. The highest BCUT2D eigenvalue weighted by Gasteiger charge is 2.36. The van der Waals surface area contributed by atoms with Crippen LogP contribution >= 0.6 is 35.0 Å². The third-order valence-electron chi connectivity index (χ3n) is 4.69. The van der Waals surface area contributed by atoms with E-state index in [1.807, 2.05) is 13.8 Å². The molecule has 1 fully saturated rings. The number of hydrogen-bond donors (Lipinski definition) is 0. The maximum absolute atomic E-state index is 14.1. The number of carbonyl (C=O) groups is 2. The van der Waals surface area contributed by atoms with Gasteiger partial charge in [0, 0.05) is 10.6 Å². The lowest BCUT2D eigenvalue weighted by Crippen LogP contribution is -2.28. The molecule has 2 aromatic rings. The van der Waals surface area contributed by atoms with Crippen LogP contribution in [-0.2, 0) is 11.3 Å². The Kier molecular flexibility index (Phi) is 7.51. The lowest BCUT2D eigenvalue weighted by molar-refractivity contribution is -0.123. The fourth-order valence-electron chi connectivity index (χ4n) is 2.85. The van der Waals surface area contributed by atoms with Crippen LogP contribution in [0, 0.1) is 5.82 Å². The molecule has 0 bridgehead atoms. The van der Waals surface area contributed by atoms with Gasteiger partial charge in [0.15, 0.2) is 11.5 Å². The summed E-state index contributed by atoms with van der Waals surface area (Å²) in [7, 11) is 1.49. The van der Waals surface area contributed by atoms with Crippen LogP contribution in [0.1, 0.15) is 31.4 Å². The molecular formula is C22H20Cl2FNO4S. The molecule has 0 saturated carbocycles. The lowest BCUT2D eigenvalue weighted by Gasteiger charge is -2.17. The van der Waals surface area contributed by atoms with Gasteiger partial charge in [0.1, 0.15) is 5.82 Å². The van der Waals surface area contributed by atoms with Crippen molar-refractivity contribution in [2.24, 2.45) is 0 Å². The highest BCUT2D eigenvalue weighted by Crippen LogP contribution is 2.40. The molecule has 2 amide bonds. The van der Waals surface area contributed by atoms with Crippen LogP contribution in [-0.4, -0.2) is 29.3 Å². The third-order valence-corrected chi connectivity index (χ3v) is 6.24. The van der Waals surface area contributed by atoms with Crippen molar-refractivity contribution in [3.8, 4) is 11.5 Å². The second kappa shape index (κ2) is 9.94. The normalized spacial score (nSPS) is 16.2. The van der Waals surface area contributed by atoms with E-state index in [0.29, 0.717) is 22.1 Å². The van der Waals surface area contributed by atoms with Crippen LogP contribution < -0.4 is 9.47 Å². The first-order valence-corrected chi connectivity index (χ1v) is 11.0. The van der Waals surface area contributed by atoms with Gasteiger partial charge in [0.05, 0.1) is 29.7 Å². The summed E-state index contributed by atoms with van der Waals surface area (Å²) in [4.78, 5) is 26.3. The Hall–Kier alpha value is -2.22. The summed E-state index contributed by atoms with van der Waals surface area (Å²) in [6.45, 7) is 3.66. The Labute approximate surface area is 194 Å². The van der Waals surface area contributed by atoms with Crippen molar-refractivity contribution < 1.29 is 23.5 Å². The van der Waals surface area contributed by atoms with Gasteiger partial charge in [-0.1, -0.05) is 36.2 Å². The van der Waals surface area contributed by atoms with Crippen LogP contribution in [0.15, 0.2) is 35.2 Å². The molecular weight excluding hydrogens is 464 g/mol. The minimum absolute atomic E-state index is 0.0565. The maximum Gasteiger partial charge on any atom is 0.293 e. The number of hydrogen-bond acceptors (Lipinski definition) is 5. The van der Waals surface area contributed by atoms with Gasteiger partial charge in [-0.25, -0.2) is 4.39 Å². The summed E-state index contributed by atoms with van der Waals surface area (Å²) >= 11 is 13.2. The molecule has 5 nitrogen and oxygen atoms in total. The van der Waals surface area contributed by atoms with E-state index in [9.17, 15) is 14.0 Å². The predicted octanol–water partition coefficient (Wildman–Crippen LogP) is 6.55. The lowest BCUT2D eigenvalue weighted by atomic mass is 10.1. The van der Waals surface area contributed by atoms with E-state index in [4.69, 9.17) is 32.7 Å². The number of ether oxygens (including phenoxy) is 2. The Morgan fingerprint density at radius 3 is 2.61 bits per heavy atom. The number of nitrogens with zero attached hydrogens (tertiary/aromatic N) is 1. The largest absolute Gasteiger partial charge is 0.493 e. The molecule has 1 saturated heterocycles. The van der Waals surface area contributed by atoms with Gasteiger partial charge in [-0.3, -0.25) is 14.5 Å².